The Morgan fingerprint density at radius 3 is 2.56 bits per heavy atom. The fourth-order valence-corrected chi connectivity index (χ4v) is 1.63. The summed E-state index contributed by atoms with van der Waals surface area (Å²) in [4.78, 5) is 12.0. The van der Waals surface area contributed by atoms with Crippen molar-refractivity contribution in [1.29, 1.82) is 0 Å². The summed E-state index contributed by atoms with van der Waals surface area (Å²) in [7, 11) is 1.52. The molecule has 1 aromatic carbocycles. The van der Waals surface area contributed by atoms with Crippen molar-refractivity contribution in [1.82, 2.24) is 9.78 Å². The molecule has 1 aromatic heterocycles. The van der Waals surface area contributed by atoms with E-state index >= 15 is 0 Å². The van der Waals surface area contributed by atoms with Crippen LogP contribution in [0.1, 0.15) is 20.8 Å². The molecule has 0 N–H and O–H groups in total. The quantitative estimate of drug-likeness (QED) is 0.778. The van der Waals surface area contributed by atoms with Gasteiger partial charge in [0.25, 0.3) is 0 Å². The van der Waals surface area contributed by atoms with Crippen molar-refractivity contribution in [3.05, 3.63) is 24.3 Å². The van der Waals surface area contributed by atoms with E-state index in [4.69, 9.17) is 9.47 Å². The Kier molecular flexibility index (Phi) is 2.98. The number of aromatic nitrogens is 2. The minimum Gasteiger partial charge on any atom is -0.479 e. The fraction of sp³-hybridized carbons (Fsp3) is 0.385. The van der Waals surface area contributed by atoms with Crippen molar-refractivity contribution in [2.75, 3.05) is 7.11 Å². The maximum absolute atomic E-state index is 12.0. The van der Waals surface area contributed by atoms with Crippen molar-refractivity contribution >= 4 is 17.0 Å². The molecule has 18 heavy (non-hydrogen) atoms. The molecule has 0 aliphatic rings. The lowest BCUT2D eigenvalue weighted by Gasteiger charge is -2.19. The molecule has 5 nitrogen and oxygen atoms in total. The molecule has 1 heterocycles. The van der Waals surface area contributed by atoms with Gasteiger partial charge in [0.05, 0.1) is 18.0 Å². The van der Waals surface area contributed by atoms with Crippen LogP contribution in [0.4, 0.5) is 4.79 Å². The first-order valence-electron chi connectivity index (χ1n) is 5.67. The summed E-state index contributed by atoms with van der Waals surface area (Å²) >= 11 is 0. The molecule has 0 saturated carbocycles. The third kappa shape index (κ3) is 2.30. The second-order valence-corrected chi connectivity index (χ2v) is 4.92. The standard InChI is InChI=1S/C13H16N2O3/c1-13(2,3)18-12(16)15-10-8-6-5-7-9(10)11(14-15)17-4/h5-8H,1-4H3. The summed E-state index contributed by atoms with van der Waals surface area (Å²) in [5.41, 5.74) is 0.112. The van der Waals surface area contributed by atoms with Gasteiger partial charge in [-0.15, -0.1) is 5.10 Å². The molecule has 2 aromatic rings. The Balaban J connectivity index is 2.48. The number of methoxy groups -OCH3 is 1. The number of fused-ring (bicyclic) bond motifs is 1. The van der Waals surface area contributed by atoms with Gasteiger partial charge in [-0.2, -0.15) is 4.68 Å². The van der Waals surface area contributed by atoms with Crippen LogP contribution in [0, 0.1) is 0 Å². The third-order valence-electron chi connectivity index (χ3n) is 2.31. The Labute approximate surface area is 105 Å². The summed E-state index contributed by atoms with van der Waals surface area (Å²) in [5.74, 6) is 0.413. The van der Waals surface area contributed by atoms with Crippen LogP contribution < -0.4 is 4.74 Å². The van der Waals surface area contributed by atoms with E-state index in [1.165, 1.54) is 11.8 Å². The molecular weight excluding hydrogens is 232 g/mol. The zero-order valence-corrected chi connectivity index (χ0v) is 10.9. The summed E-state index contributed by atoms with van der Waals surface area (Å²) < 4.78 is 11.7. The number of carbonyl (C=O) groups excluding carboxylic acids is 1. The molecule has 0 saturated heterocycles. The lowest BCUT2D eigenvalue weighted by atomic mass is 10.2. The molecule has 0 atom stereocenters. The Morgan fingerprint density at radius 1 is 1.28 bits per heavy atom. The number of rotatable bonds is 1. The number of nitrogens with zero attached hydrogens (tertiary/aromatic N) is 2. The second kappa shape index (κ2) is 4.33. The summed E-state index contributed by atoms with van der Waals surface area (Å²) in [6, 6.07) is 7.35. The highest BCUT2D eigenvalue weighted by molar-refractivity contribution is 5.91. The van der Waals surface area contributed by atoms with Gasteiger partial charge in [0.1, 0.15) is 5.60 Å². The summed E-state index contributed by atoms with van der Waals surface area (Å²) in [6.07, 6.45) is -0.512. The Bertz CT molecular complexity index is 581. The molecule has 5 heteroatoms. The van der Waals surface area contributed by atoms with Gasteiger partial charge in [0.2, 0.25) is 5.88 Å². The lowest BCUT2D eigenvalue weighted by Crippen LogP contribution is -2.27. The van der Waals surface area contributed by atoms with Crippen LogP contribution in [0.3, 0.4) is 0 Å². The highest BCUT2D eigenvalue weighted by atomic mass is 16.6. The maximum atomic E-state index is 12.0. The summed E-state index contributed by atoms with van der Waals surface area (Å²) in [6.45, 7) is 5.44. The molecule has 0 amide bonds. The van der Waals surface area contributed by atoms with Crippen molar-refractivity contribution in [3.8, 4) is 5.88 Å². The van der Waals surface area contributed by atoms with Gasteiger partial charge < -0.3 is 9.47 Å². The topological polar surface area (TPSA) is 53.4 Å². The van der Waals surface area contributed by atoms with Crippen LogP contribution in [0.15, 0.2) is 24.3 Å². The molecular formula is C13H16N2O3. The van der Waals surface area contributed by atoms with Gasteiger partial charge >= 0.3 is 6.09 Å². The Hall–Kier alpha value is -2.04. The van der Waals surface area contributed by atoms with Gasteiger partial charge in [-0.05, 0) is 32.9 Å². The number of carbonyl (C=O) groups is 1. The number of ether oxygens (including phenoxy) is 2. The van der Waals surface area contributed by atoms with Crippen LogP contribution in [0.5, 0.6) is 5.88 Å². The van der Waals surface area contributed by atoms with E-state index in [-0.39, 0.29) is 0 Å². The largest absolute Gasteiger partial charge is 0.479 e. The van der Waals surface area contributed by atoms with Crippen molar-refractivity contribution in [2.45, 2.75) is 26.4 Å². The van der Waals surface area contributed by atoms with Crippen LogP contribution in [-0.2, 0) is 4.74 Å². The average Bonchev–Trinajstić information content (AvgIpc) is 2.65. The van der Waals surface area contributed by atoms with Gasteiger partial charge in [0, 0.05) is 0 Å². The monoisotopic (exact) mass is 248 g/mol. The maximum Gasteiger partial charge on any atom is 0.435 e. The highest BCUT2D eigenvalue weighted by Crippen LogP contribution is 2.24. The van der Waals surface area contributed by atoms with E-state index in [1.54, 1.807) is 6.07 Å². The smallest absolute Gasteiger partial charge is 0.435 e. The average molecular weight is 248 g/mol. The zero-order chi connectivity index (χ0) is 13.3. The van der Waals surface area contributed by atoms with E-state index < -0.39 is 11.7 Å². The molecule has 0 bridgehead atoms. The second-order valence-electron chi connectivity index (χ2n) is 4.92. The summed E-state index contributed by atoms with van der Waals surface area (Å²) in [5, 5.41) is 4.90. The van der Waals surface area contributed by atoms with Crippen molar-refractivity contribution in [2.24, 2.45) is 0 Å². The van der Waals surface area contributed by atoms with Gasteiger partial charge in [-0.25, -0.2) is 4.79 Å². The first-order valence-corrected chi connectivity index (χ1v) is 5.67. The molecule has 2 rings (SSSR count). The molecule has 0 fully saturated rings. The van der Waals surface area contributed by atoms with Gasteiger partial charge in [-0.1, -0.05) is 12.1 Å². The zero-order valence-electron chi connectivity index (χ0n) is 10.9. The molecule has 0 radical (unpaired) electrons. The minimum absolute atomic E-state index is 0.413. The van der Waals surface area contributed by atoms with E-state index in [0.717, 1.165) is 5.39 Å². The first kappa shape index (κ1) is 12.4. The first-order chi connectivity index (χ1) is 8.42. The van der Waals surface area contributed by atoms with Gasteiger partial charge in [0.15, 0.2) is 0 Å². The molecule has 96 valence electrons. The van der Waals surface area contributed by atoms with Crippen LogP contribution in [-0.4, -0.2) is 28.6 Å². The van der Waals surface area contributed by atoms with Crippen LogP contribution in [0.2, 0.25) is 0 Å². The predicted molar refractivity (Wildman–Crippen MR) is 67.9 cm³/mol. The van der Waals surface area contributed by atoms with Crippen molar-refractivity contribution in [3.63, 3.8) is 0 Å². The van der Waals surface area contributed by atoms with E-state index in [0.29, 0.717) is 11.4 Å². The Morgan fingerprint density at radius 2 is 1.94 bits per heavy atom. The third-order valence-corrected chi connectivity index (χ3v) is 2.31. The highest BCUT2D eigenvalue weighted by Gasteiger charge is 2.22. The lowest BCUT2D eigenvalue weighted by molar-refractivity contribution is 0.0520. The van der Waals surface area contributed by atoms with E-state index in [9.17, 15) is 4.79 Å². The SMILES string of the molecule is COc1nn(C(=O)OC(C)(C)C)c2ccccc12. The van der Waals surface area contributed by atoms with E-state index in [1.807, 2.05) is 39.0 Å². The fourth-order valence-electron chi connectivity index (χ4n) is 1.63. The number of para-hydroxylation sites is 1. The van der Waals surface area contributed by atoms with E-state index in [2.05, 4.69) is 5.10 Å². The normalized spacial score (nSPS) is 11.6. The number of benzene rings is 1. The van der Waals surface area contributed by atoms with Crippen LogP contribution in [0.25, 0.3) is 10.9 Å². The van der Waals surface area contributed by atoms with Crippen LogP contribution >= 0.6 is 0 Å². The molecule has 0 aliphatic heterocycles. The molecule has 0 unspecified atom stereocenters. The molecule has 0 spiro atoms. The molecule has 0 aliphatic carbocycles. The van der Waals surface area contributed by atoms with Gasteiger partial charge in [-0.3, -0.25) is 0 Å². The number of hydrogen-bond donors (Lipinski definition) is 0. The predicted octanol–water partition coefficient (Wildman–Crippen LogP) is 2.83. The van der Waals surface area contributed by atoms with Crippen molar-refractivity contribution < 1.29 is 14.3 Å². The number of hydrogen-bond acceptors (Lipinski definition) is 4. The minimum atomic E-state index is -0.558.